The largest absolute Gasteiger partial charge is 0.480 e. The third-order valence-electron chi connectivity index (χ3n) is 2.88. The van der Waals surface area contributed by atoms with E-state index in [0.717, 1.165) is 31.5 Å². The van der Waals surface area contributed by atoms with Crippen LogP contribution in [0, 0.1) is 0 Å². The highest BCUT2D eigenvalue weighted by Gasteiger charge is 2.28. The number of piperidine rings is 1. The molecular formula is C12H15NO2. The minimum absolute atomic E-state index is 0.346. The minimum atomic E-state index is -0.710. The third-order valence-corrected chi connectivity index (χ3v) is 2.88. The van der Waals surface area contributed by atoms with Crippen molar-refractivity contribution in [2.75, 3.05) is 11.4 Å². The predicted molar refractivity (Wildman–Crippen MR) is 59.1 cm³/mol. The molecule has 0 aromatic heterocycles. The van der Waals surface area contributed by atoms with Gasteiger partial charge in [-0.25, -0.2) is 4.79 Å². The van der Waals surface area contributed by atoms with Crippen molar-refractivity contribution in [3.8, 4) is 0 Å². The second kappa shape index (κ2) is 4.34. The summed E-state index contributed by atoms with van der Waals surface area (Å²) in [5.41, 5.74) is 1.02. The summed E-state index contributed by atoms with van der Waals surface area (Å²) in [6.45, 7) is 0.848. The molecule has 1 fully saturated rings. The zero-order valence-corrected chi connectivity index (χ0v) is 8.60. The Morgan fingerprint density at radius 1 is 1.27 bits per heavy atom. The summed E-state index contributed by atoms with van der Waals surface area (Å²) in [6, 6.07) is 9.44. The van der Waals surface area contributed by atoms with Crippen LogP contribution in [-0.2, 0) is 4.79 Å². The molecule has 0 bridgehead atoms. The standard InChI is InChI=1S/C12H15NO2/c14-12(15)11-8-4-5-9-13(11)10-6-2-1-3-7-10/h1-3,6-7,11H,4-5,8-9H2,(H,14,15)/t11-/m0/s1. The Kier molecular flexibility index (Phi) is 2.90. The van der Waals surface area contributed by atoms with Crippen LogP contribution < -0.4 is 4.90 Å². The second-order valence-electron chi connectivity index (χ2n) is 3.88. The lowest BCUT2D eigenvalue weighted by Gasteiger charge is -2.34. The van der Waals surface area contributed by atoms with Gasteiger partial charge in [-0.1, -0.05) is 18.2 Å². The van der Waals surface area contributed by atoms with Gasteiger partial charge in [-0.3, -0.25) is 0 Å². The van der Waals surface area contributed by atoms with E-state index in [9.17, 15) is 4.79 Å². The maximum Gasteiger partial charge on any atom is 0.326 e. The number of hydrogen-bond acceptors (Lipinski definition) is 2. The first kappa shape index (κ1) is 10.0. The van der Waals surface area contributed by atoms with Gasteiger partial charge < -0.3 is 10.0 Å². The molecule has 1 aliphatic heterocycles. The molecular weight excluding hydrogens is 190 g/mol. The van der Waals surface area contributed by atoms with Gasteiger partial charge in [-0.05, 0) is 31.4 Å². The van der Waals surface area contributed by atoms with E-state index in [4.69, 9.17) is 5.11 Å². The first-order valence-corrected chi connectivity index (χ1v) is 5.33. The predicted octanol–water partition coefficient (Wildman–Crippen LogP) is 2.13. The van der Waals surface area contributed by atoms with Gasteiger partial charge in [-0.15, -0.1) is 0 Å². The smallest absolute Gasteiger partial charge is 0.326 e. The summed E-state index contributed by atoms with van der Waals surface area (Å²) in [6.07, 6.45) is 2.85. The van der Waals surface area contributed by atoms with Crippen molar-refractivity contribution in [1.82, 2.24) is 0 Å². The number of hydrogen-bond donors (Lipinski definition) is 1. The van der Waals surface area contributed by atoms with E-state index >= 15 is 0 Å². The minimum Gasteiger partial charge on any atom is -0.480 e. The molecule has 80 valence electrons. The van der Waals surface area contributed by atoms with Gasteiger partial charge in [-0.2, -0.15) is 0 Å². The highest BCUT2D eigenvalue weighted by Crippen LogP contribution is 2.24. The molecule has 1 aromatic carbocycles. The summed E-state index contributed by atoms with van der Waals surface area (Å²) < 4.78 is 0. The molecule has 0 saturated carbocycles. The van der Waals surface area contributed by atoms with Gasteiger partial charge in [0.15, 0.2) is 0 Å². The van der Waals surface area contributed by atoms with Gasteiger partial charge >= 0.3 is 5.97 Å². The summed E-state index contributed by atoms with van der Waals surface area (Å²) in [5.74, 6) is -0.710. The van der Waals surface area contributed by atoms with Gasteiger partial charge in [0.25, 0.3) is 0 Å². The second-order valence-corrected chi connectivity index (χ2v) is 3.88. The Labute approximate surface area is 89.3 Å². The van der Waals surface area contributed by atoms with Gasteiger partial charge in [0.2, 0.25) is 0 Å². The Morgan fingerprint density at radius 3 is 2.67 bits per heavy atom. The molecule has 1 N–H and O–H groups in total. The lowest BCUT2D eigenvalue weighted by Crippen LogP contribution is -2.44. The van der Waals surface area contributed by atoms with Crippen LogP contribution in [0.5, 0.6) is 0 Å². The molecule has 1 aromatic rings. The van der Waals surface area contributed by atoms with Gasteiger partial charge in [0.1, 0.15) is 6.04 Å². The SMILES string of the molecule is O=C(O)[C@@H]1CCCCN1c1ccccc1. The molecule has 0 amide bonds. The molecule has 3 heteroatoms. The van der Waals surface area contributed by atoms with Crippen LogP contribution >= 0.6 is 0 Å². The van der Waals surface area contributed by atoms with Crippen LogP contribution in [0.4, 0.5) is 5.69 Å². The Morgan fingerprint density at radius 2 is 2.00 bits per heavy atom. The molecule has 1 saturated heterocycles. The van der Waals surface area contributed by atoms with Crippen LogP contribution in [0.1, 0.15) is 19.3 Å². The molecule has 15 heavy (non-hydrogen) atoms. The van der Waals surface area contributed by atoms with E-state index < -0.39 is 5.97 Å². The van der Waals surface area contributed by atoms with E-state index in [1.165, 1.54) is 0 Å². The summed E-state index contributed by atoms with van der Waals surface area (Å²) in [5, 5.41) is 9.13. The average molecular weight is 205 g/mol. The number of aliphatic carboxylic acids is 1. The highest BCUT2D eigenvalue weighted by atomic mass is 16.4. The molecule has 0 radical (unpaired) electrons. The van der Waals surface area contributed by atoms with Crippen molar-refractivity contribution in [3.05, 3.63) is 30.3 Å². The number of carbonyl (C=O) groups is 1. The maximum atomic E-state index is 11.1. The highest BCUT2D eigenvalue weighted by molar-refractivity contribution is 5.78. The van der Waals surface area contributed by atoms with Crippen molar-refractivity contribution >= 4 is 11.7 Å². The maximum absolute atomic E-state index is 11.1. The summed E-state index contributed by atoms with van der Waals surface area (Å²) >= 11 is 0. The fraction of sp³-hybridized carbons (Fsp3) is 0.417. The van der Waals surface area contributed by atoms with E-state index in [-0.39, 0.29) is 6.04 Å². The number of carboxylic acids is 1. The molecule has 0 unspecified atom stereocenters. The van der Waals surface area contributed by atoms with Crippen molar-refractivity contribution in [2.24, 2.45) is 0 Å². The first-order valence-electron chi connectivity index (χ1n) is 5.33. The topological polar surface area (TPSA) is 40.5 Å². The van der Waals surface area contributed by atoms with Crippen molar-refractivity contribution < 1.29 is 9.90 Å². The normalized spacial score (nSPS) is 21.3. The van der Waals surface area contributed by atoms with Crippen molar-refractivity contribution in [2.45, 2.75) is 25.3 Å². The fourth-order valence-corrected chi connectivity index (χ4v) is 2.12. The van der Waals surface area contributed by atoms with Crippen LogP contribution in [0.25, 0.3) is 0 Å². The molecule has 1 heterocycles. The number of para-hydroxylation sites is 1. The number of benzene rings is 1. The van der Waals surface area contributed by atoms with Crippen molar-refractivity contribution in [1.29, 1.82) is 0 Å². The van der Waals surface area contributed by atoms with E-state index in [1.807, 2.05) is 35.2 Å². The van der Waals surface area contributed by atoms with Crippen molar-refractivity contribution in [3.63, 3.8) is 0 Å². The van der Waals surface area contributed by atoms with Crippen LogP contribution in [0.3, 0.4) is 0 Å². The third kappa shape index (κ3) is 2.12. The number of rotatable bonds is 2. The van der Waals surface area contributed by atoms with Crippen LogP contribution in [0.15, 0.2) is 30.3 Å². The Bertz CT molecular complexity index is 337. The Hall–Kier alpha value is -1.51. The zero-order chi connectivity index (χ0) is 10.7. The van der Waals surface area contributed by atoms with Crippen LogP contribution in [-0.4, -0.2) is 23.7 Å². The fourth-order valence-electron chi connectivity index (χ4n) is 2.12. The molecule has 0 aliphatic carbocycles. The average Bonchev–Trinajstić information content (AvgIpc) is 2.30. The van der Waals surface area contributed by atoms with E-state index in [1.54, 1.807) is 0 Å². The molecule has 1 aliphatic rings. The molecule has 3 nitrogen and oxygen atoms in total. The zero-order valence-electron chi connectivity index (χ0n) is 8.60. The summed E-state index contributed by atoms with van der Waals surface area (Å²) in [4.78, 5) is 13.1. The van der Waals surface area contributed by atoms with E-state index in [0.29, 0.717) is 0 Å². The lowest BCUT2D eigenvalue weighted by molar-refractivity contribution is -0.139. The quantitative estimate of drug-likeness (QED) is 0.804. The molecule has 0 spiro atoms. The monoisotopic (exact) mass is 205 g/mol. The van der Waals surface area contributed by atoms with E-state index in [2.05, 4.69) is 0 Å². The summed E-state index contributed by atoms with van der Waals surface area (Å²) in [7, 11) is 0. The number of carboxylic acid groups (broad SMARTS) is 1. The van der Waals surface area contributed by atoms with Gasteiger partial charge in [0, 0.05) is 12.2 Å². The molecule has 2 rings (SSSR count). The van der Waals surface area contributed by atoms with Crippen LogP contribution in [0.2, 0.25) is 0 Å². The number of nitrogens with zero attached hydrogens (tertiary/aromatic N) is 1. The molecule has 1 atom stereocenters. The first-order chi connectivity index (χ1) is 7.29. The Balaban J connectivity index is 2.22. The lowest BCUT2D eigenvalue weighted by atomic mass is 10.0. The van der Waals surface area contributed by atoms with Gasteiger partial charge in [0.05, 0.1) is 0 Å². The number of anilines is 1.